The Bertz CT molecular complexity index is 299. The van der Waals surface area contributed by atoms with Crippen LogP contribution in [0.2, 0.25) is 0 Å². The molecule has 0 aliphatic heterocycles. The van der Waals surface area contributed by atoms with Gasteiger partial charge in [-0.2, -0.15) is 0 Å². The van der Waals surface area contributed by atoms with Gasteiger partial charge in [0.05, 0.1) is 4.47 Å². The van der Waals surface area contributed by atoms with Crippen LogP contribution in [0.25, 0.3) is 0 Å². The maximum Gasteiger partial charge on any atom is 0.140 e. The van der Waals surface area contributed by atoms with Gasteiger partial charge in [0.2, 0.25) is 0 Å². The molecule has 1 atom stereocenters. The van der Waals surface area contributed by atoms with Gasteiger partial charge in [-0.15, -0.1) is 0 Å². The third kappa shape index (κ3) is 1.81. The lowest BCUT2D eigenvalue weighted by Gasteiger charge is -2.07. The van der Waals surface area contributed by atoms with Gasteiger partial charge >= 0.3 is 0 Å². The number of hydrogen-bond donors (Lipinski definition) is 1. The molecule has 12 heavy (non-hydrogen) atoms. The topological polar surface area (TPSA) is 26.0 Å². The largest absolute Gasteiger partial charge is 0.324 e. The quantitative estimate of drug-likeness (QED) is 0.745. The van der Waals surface area contributed by atoms with Gasteiger partial charge in [-0.05, 0) is 28.9 Å². The molecule has 4 heteroatoms. The van der Waals surface area contributed by atoms with Crippen molar-refractivity contribution in [3.05, 3.63) is 33.8 Å². The number of hydrogen-bond acceptors (Lipinski definition) is 1. The Kier molecular flexibility index (Phi) is 2.80. The highest BCUT2D eigenvalue weighted by atomic mass is 79.9. The number of halogens is 3. The zero-order valence-corrected chi connectivity index (χ0v) is 8.03. The zero-order valence-electron chi connectivity index (χ0n) is 6.44. The first kappa shape index (κ1) is 9.61. The van der Waals surface area contributed by atoms with Gasteiger partial charge in [0.15, 0.2) is 0 Å². The van der Waals surface area contributed by atoms with E-state index in [1.165, 1.54) is 6.07 Å². The Morgan fingerprint density at radius 1 is 1.33 bits per heavy atom. The summed E-state index contributed by atoms with van der Waals surface area (Å²) < 4.78 is 25.9. The molecule has 0 heterocycles. The fraction of sp³-hybridized carbons (Fsp3) is 0.250. The van der Waals surface area contributed by atoms with Crippen LogP contribution in [0.4, 0.5) is 8.78 Å². The zero-order chi connectivity index (χ0) is 9.30. The Labute approximate surface area is 77.7 Å². The summed E-state index contributed by atoms with van der Waals surface area (Å²) in [5.41, 5.74) is 5.76. The van der Waals surface area contributed by atoms with Crippen molar-refractivity contribution in [2.24, 2.45) is 5.73 Å². The van der Waals surface area contributed by atoms with Crippen molar-refractivity contribution in [2.45, 2.75) is 13.0 Å². The van der Waals surface area contributed by atoms with E-state index in [9.17, 15) is 8.78 Å². The Morgan fingerprint density at radius 2 is 1.92 bits per heavy atom. The van der Waals surface area contributed by atoms with Crippen molar-refractivity contribution in [1.29, 1.82) is 0 Å². The van der Waals surface area contributed by atoms with E-state index in [-0.39, 0.29) is 4.47 Å². The van der Waals surface area contributed by atoms with E-state index in [0.717, 1.165) is 6.07 Å². The summed E-state index contributed by atoms with van der Waals surface area (Å²) in [6, 6.07) is 1.75. The first-order chi connectivity index (χ1) is 5.52. The Morgan fingerprint density at radius 3 is 2.42 bits per heavy atom. The lowest BCUT2D eigenvalue weighted by Crippen LogP contribution is -2.07. The normalized spacial score (nSPS) is 13.1. The van der Waals surface area contributed by atoms with Crippen LogP contribution >= 0.6 is 15.9 Å². The summed E-state index contributed by atoms with van der Waals surface area (Å²) in [7, 11) is 0. The van der Waals surface area contributed by atoms with Gasteiger partial charge in [0, 0.05) is 17.7 Å². The van der Waals surface area contributed by atoms with Crippen LogP contribution < -0.4 is 5.73 Å². The van der Waals surface area contributed by atoms with Crippen LogP contribution in [-0.4, -0.2) is 0 Å². The Balaban J connectivity index is 3.23. The lowest BCUT2D eigenvalue weighted by atomic mass is 10.1. The molecule has 0 aromatic heterocycles. The van der Waals surface area contributed by atoms with Gasteiger partial charge < -0.3 is 5.73 Å². The minimum Gasteiger partial charge on any atom is -0.324 e. The third-order valence-corrected chi connectivity index (χ3v) is 2.14. The summed E-state index contributed by atoms with van der Waals surface area (Å²) in [6.45, 7) is 1.64. The molecule has 2 N–H and O–H groups in total. The molecule has 0 fully saturated rings. The molecule has 0 spiro atoms. The molecule has 0 aliphatic rings. The smallest absolute Gasteiger partial charge is 0.140 e. The van der Waals surface area contributed by atoms with Crippen LogP contribution in [0.15, 0.2) is 16.6 Å². The van der Waals surface area contributed by atoms with Gasteiger partial charge in [0.1, 0.15) is 11.6 Å². The molecule has 0 saturated carbocycles. The van der Waals surface area contributed by atoms with Crippen LogP contribution in [-0.2, 0) is 0 Å². The maximum absolute atomic E-state index is 12.9. The van der Waals surface area contributed by atoms with Crippen molar-refractivity contribution in [1.82, 2.24) is 0 Å². The summed E-state index contributed by atoms with van der Waals surface area (Å²) in [4.78, 5) is 0. The highest BCUT2D eigenvalue weighted by Gasteiger charge is 2.10. The van der Waals surface area contributed by atoms with Crippen LogP contribution in [0, 0.1) is 11.6 Å². The monoisotopic (exact) mass is 235 g/mol. The van der Waals surface area contributed by atoms with Gasteiger partial charge in [-0.1, -0.05) is 0 Å². The molecule has 1 aromatic rings. The first-order valence-corrected chi connectivity index (χ1v) is 4.21. The van der Waals surface area contributed by atoms with Gasteiger partial charge in [0.25, 0.3) is 0 Å². The minimum atomic E-state index is -0.614. The predicted octanol–water partition coefficient (Wildman–Crippen LogP) is 2.75. The maximum atomic E-state index is 12.9. The molecule has 1 nitrogen and oxygen atoms in total. The highest BCUT2D eigenvalue weighted by Crippen LogP contribution is 2.23. The van der Waals surface area contributed by atoms with Gasteiger partial charge in [-0.3, -0.25) is 0 Å². The molecule has 66 valence electrons. The number of benzene rings is 1. The van der Waals surface area contributed by atoms with E-state index in [1.807, 2.05) is 0 Å². The number of rotatable bonds is 1. The van der Waals surface area contributed by atoms with Crippen molar-refractivity contribution in [3.8, 4) is 0 Å². The van der Waals surface area contributed by atoms with Crippen molar-refractivity contribution < 1.29 is 8.78 Å². The fourth-order valence-electron chi connectivity index (χ4n) is 0.887. The third-order valence-electron chi connectivity index (χ3n) is 1.53. The summed E-state index contributed by atoms with van der Waals surface area (Å²) >= 11 is 2.95. The first-order valence-electron chi connectivity index (χ1n) is 3.42. The second-order valence-electron chi connectivity index (χ2n) is 2.58. The minimum absolute atomic E-state index is 0.233. The summed E-state index contributed by atoms with van der Waals surface area (Å²) in [6.07, 6.45) is 0. The molecule has 0 radical (unpaired) electrons. The van der Waals surface area contributed by atoms with Crippen molar-refractivity contribution >= 4 is 15.9 Å². The predicted molar refractivity (Wildman–Crippen MR) is 46.7 cm³/mol. The second-order valence-corrected chi connectivity index (χ2v) is 3.43. The molecule has 0 bridgehead atoms. The van der Waals surface area contributed by atoms with E-state index in [4.69, 9.17) is 5.73 Å². The lowest BCUT2D eigenvalue weighted by molar-refractivity contribution is 0.558. The fourth-order valence-corrected chi connectivity index (χ4v) is 1.25. The van der Waals surface area contributed by atoms with E-state index in [1.54, 1.807) is 6.92 Å². The standard InChI is InChI=1S/C8H8BrF2N/c1-4(12)5-2-6(9)8(11)3-7(5)10/h2-4H,12H2,1H3. The molecule has 0 saturated heterocycles. The van der Waals surface area contributed by atoms with E-state index in [0.29, 0.717) is 5.56 Å². The molecule has 1 rings (SSSR count). The SMILES string of the molecule is CC(N)c1cc(Br)c(F)cc1F. The highest BCUT2D eigenvalue weighted by molar-refractivity contribution is 9.10. The van der Waals surface area contributed by atoms with E-state index in [2.05, 4.69) is 15.9 Å². The molecule has 0 amide bonds. The molecule has 1 unspecified atom stereocenters. The van der Waals surface area contributed by atoms with Gasteiger partial charge in [-0.25, -0.2) is 8.78 Å². The van der Waals surface area contributed by atoms with E-state index < -0.39 is 17.7 Å². The Hall–Kier alpha value is -0.480. The molecule has 0 aliphatic carbocycles. The number of nitrogens with two attached hydrogens (primary N) is 1. The van der Waals surface area contributed by atoms with Crippen LogP contribution in [0.3, 0.4) is 0 Å². The average Bonchev–Trinajstić information content (AvgIpc) is 1.96. The van der Waals surface area contributed by atoms with Crippen LogP contribution in [0.5, 0.6) is 0 Å². The molecular formula is C8H8BrF2N. The summed E-state index contributed by atoms with van der Waals surface area (Å²) in [5, 5.41) is 0. The molecular weight excluding hydrogens is 228 g/mol. The summed E-state index contributed by atoms with van der Waals surface area (Å²) in [5.74, 6) is -1.22. The van der Waals surface area contributed by atoms with Crippen molar-refractivity contribution in [3.63, 3.8) is 0 Å². The average molecular weight is 236 g/mol. The second kappa shape index (κ2) is 3.49. The molecule has 1 aromatic carbocycles. The van der Waals surface area contributed by atoms with Crippen molar-refractivity contribution in [2.75, 3.05) is 0 Å². The van der Waals surface area contributed by atoms with E-state index >= 15 is 0 Å². The van der Waals surface area contributed by atoms with Crippen LogP contribution in [0.1, 0.15) is 18.5 Å².